The molecular weight excluding hydrogens is 420 g/mol. The molecule has 1 amide bonds. The van der Waals surface area contributed by atoms with Crippen LogP contribution < -0.4 is 5.32 Å². The van der Waals surface area contributed by atoms with E-state index in [0.717, 1.165) is 39.0 Å². The molecule has 0 aliphatic heterocycles. The minimum Gasteiger partial charge on any atom is -0.326 e. The molecule has 0 spiro atoms. The van der Waals surface area contributed by atoms with Gasteiger partial charge in [0, 0.05) is 27.6 Å². The second-order valence-corrected chi connectivity index (χ2v) is 9.15. The molecule has 0 fully saturated rings. The van der Waals surface area contributed by atoms with E-state index in [1.54, 1.807) is 23.1 Å². The molecule has 3 nitrogen and oxygen atoms in total. The Morgan fingerprint density at radius 1 is 1.00 bits per heavy atom. The lowest BCUT2D eigenvalue weighted by Crippen LogP contribution is -2.11. The van der Waals surface area contributed by atoms with Crippen LogP contribution in [0.3, 0.4) is 0 Å². The Morgan fingerprint density at radius 3 is 2.52 bits per heavy atom. The smallest absolute Gasteiger partial charge is 0.224 e. The molecule has 0 saturated heterocycles. The van der Waals surface area contributed by atoms with E-state index in [-0.39, 0.29) is 5.91 Å². The van der Waals surface area contributed by atoms with E-state index in [9.17, 15) is 4.79 Å². The summed E-state index contributed by atoms with van der Waals surface area (Å²) in [7, 11) is 0. The van der Waals surface area contributed by atoms with Crippen LogP contribution >= 0.6 is 34.7 Å². The highest BCUT2D eigenvalue weighted by Crippen LogP contribution is 2.30. The number of benzene rings is 3. The van der Waals surface area contributed by atoms with E-state index in [0.29, 0.717) is 6.42 Å². The summed E-state index contributed by atoms with van der Waals surface area (Å²) in [4.78, 5) is 18.0. The molecule has 146 valence electrons. The molecule has 0 atom stereocenters. The van der Waals surface area contributed by atoms with Gasteiger partial charge in [0.15, 0.2) is 0 Å². The Hall–Kier alpha value is -2.34. The highest BCUT2D eigenvalue weighted by atomic mass is 35.5. The average Bonchev–Trinajstić information content (AvgIpc) is 3.17. The summed E-state index contributed by atoms with van der Waals surface area (Å²) in [6, 6.07) is 23.8. The van der Waals surface area contributed by atoms with Gasteiger partial charge in [-0.05, 0) is 72.8 Å². The summed E-state index contributed by atoms with van der Waals surface area (Å²) < 4.78 is 1.18. The molecule has 29 heavy (non-hydrogen) atoms. The van der Waals surface area contributed by atoms with Crippen LogP contribution in [0.25, 0.3) is 20.8 Å². The monoisotopic (exact) mass is 438 g/mol. The third-order valence-electron chi connectivity index (χ3n) is 4.34. The predicted molar refractivity (Wildman–Crippen MR) is 125 cm³/mol. The molecule has 0 aliphatic rings. The molecule has 1 N–H and O–H groups in total. The Balaban J connectivity index is 1.27. The molecule has 0 unspecified atom stereocenters. The molecule has 1 heterocycles. The SMILES string of the molecule is O=C(CCCSc1ccc(Cl)cc1)Nc1ccc(-c2nc3ccccc3s2)cc1. The normalized spacial score (nSPS) is 10.9. The van der Waals surface area contributed by atoms with Gasteiger partial charge in [-0.15, -0.1) is 23.1 Å². The van der Waals surface area contributed by atoms with Gasteiger partial charge in [-0.25, -0.2) is 4.98 Å². The predicted octanol–water partition coefficient (Wildman–Crippen LogP) is 7.13. The highest BCUT2D eigenvalue weighted by Gasteiger charge is 2.07. The maximum absolute atomic E-state index is 12.2. The van der Waals surface area contributed by atoms with Crippen LogP contribution in [0.4, 0.5) is 5.69 Å². The van der Waals surface area contributed by atoms with Crippen molar-refractivity contribution in [3.63, 3.8) is 0 Å². The third kappa shape index (κ3) is 5.38. The van der Waals surface area contributed by atoms with Crippen molar-refractivity contribution in [2.45, 2.75) is 17.7 Å². The van der Waals surface area contributed by atoms with E-state index >= 15 is 0 Å². The minimum atomic E-state index is 0.0365. The van der Waals surface area contributed by atoms with E-state index < -0.39 is 0 Å². The van der Waals surface area contributed by atoms with E-state index in [1.807, 2.05) is 66.7 Å². The van der Waals surface area contributed by atoms with Crippen molar-refractivity contribution >= 4 is 56.5 Å². The summed E-state index contributed by atoms with van der Waals surface area (Å²) in [5.41, 5.74) is 2.88. The van der Waals surface area contributed by atoms with Crippen molar-refractivity contribution in [1.82, 2.24) is 4.98 Å². The second-order valence-electron chi connectivity index (χ2n) is 6.52. The Bertz CT molecular complexity index is 1070. The number of rotatable bonds is 7. The van der Waals surface area contributed by atoms with Crippen molar-refractivity contribution in [3.8, 4) is 10.6 Å². The lowest BCUT2D eigenvalue weighted by Gasteiger charge is -2.06. The topological polar surface area (TPSA) is 42.0 Å². The summed E-state index contributed by atoms with van der Waals surface area (Å²) in [6.45, 7) is 0. The van der Waals surface area contributed by atoms with Crippen LogP contribution in [0, 0.1) is 0 Å². The maximum atomic E-state index is 12.2. The van der Waals surface area contributed by atoms with Gasteiger partial charge in [0.25, 0.3) is 0 Å². The standard InChI is InChI=1S/C23H19ClN2OS2/c24-17-9-13-19(14-10-17)28-15-3-6-22(27)25-18-11-7-16(8-12-18)23-26-20-4-1-2-5-21(20)29-23/h1-2,4-5,7-14H,3,6,15H2,(H,25,27). The van der Waals surface area contributed by atoms with Crippen LogP contribution in [0.15, 0.2) is 77.7 Å². The van der Waals surface area contributed by atoms with Gasteiger partial charge in [0.2, 0.25) is 5.91 Å². The van der Waals surface area contributed by atoms with E-state index in [2.05, 4.69) is 16.4 Å². The van der Waals surface area contributed by atoms with E-state index in [1.165, 1.54) is 9.60 Å². The average molecular weight is 439 g/mol. The van der Waals surface area contributed by atoms with Crippen molar-refractivity contribution in [2.75, 3.05) is 11.1 Å². The lowest BCUT2D eigenvalue weighted by atomic mass is 10.2. The number of hydrogen-bond acceptors (Lipinski definition) is 4. The molecule has 0 radical (unpaired) electrons. The largest absolute Gasteiger partial charge is 0.326 e. The fourth-order valence-corrected chi connectivity index (χ4v) is 4.82. The quantitative estimate of drug-likeness (QED) is 0.246. The number of thioether (sulfide) groups is 1. The fourth-order valence-electron chi connectivity index (χ4n) is 2.87. The van der Waals surface area contributed by atoms with Gasteiger partial charge in [-0.1, -0.05) is 23.7 Å². The van der Waals surface area contributed by atoms with Gasteiger partial charge in [-0.2, -0.15) is 0 Å². The zero-order chi connectivity index (χ0) is 20.1. The lowest BCUT2D eigenvalue weighted by molar-refractivity contribution is -0.116. The minimum absolute atomic E-state index is 0.0365. The first-order valence-corrected chi connectivity index (χ1v) is 11.5. The molecule has 0 saturated carbocycles. The molecule has 6 heteroatoms. The van der Waals surface area contributed by atoms with Gasteiger partial charge < -0.3 is 5.32 Å². The number of nitrogens with zero attached hydrogens (tertiary/aromatic N) is 1. The number of aromatic nitrogens is 1. The second kappa shape index (κ2) is 9.44. The first kappa shape index (κ1) is 20.0. The van der Waals surface area contributed by atoms with Crippen molar-refractivity contribution in [1.29, 1.82) is 0 Å². The molecule has 1 aromatic heterocycles. The summed E-state index contributed by atoms with van der Waals surface area (Å²) in [5, 5.41) is 4.70. The number of anilines is 1. The highest BCUT2D eigenvalue weighted by molar-refractivity contribution is 7.99. The zero-order valence-electron chi connectivity index (χ0n) is 15.6. The molecule has 0 bridgehead atoms. The Labute approximate surface area is 183 Å². The number of nitrogens with one attached hydrogen (secondary N) is 1. The van der Waals surface area contributed by atoms with Gasteiger partial charge in [0.05, 0.1) is 10.2 Å². The molecular formula is C23H19ClN2OS2. The number of hydrogen-bond donors (Lipinski definition) is 1. The number of carbonyl (C=O) groups is 1. The first-order valence-electron chi connectivity index (χ1n) is 9.32. The van der Waals surface area contributed by atoms with Crippen molar-refractivity contribution < 1.29 is 4.79 Å². The number of para-hydroxylation sites is 1. The number of amides is 1. The molecule has 4 rings (SSSR count). The van der Waals surface area contributed by atoms with E-state index in [4.69, 9.17) is 11.6 Å². The molecule has 4 aromatic rings. The van der Waals surface area contributed by atoms with Crippen molar-refractivity contribution in [2.24, 2.45) is 0 Å². The summed E-state index contributed by atoms with van der Waals surface area (Å²) in [6.07, 6.45) is 1.32. The number of halogens is 1. The summed E-state index contributed by atoms with van der Waals surface area (Å²) in [5.74, 6) is 0.931. The maximum Gasteiger partial charge on any atom is 0.224 e. The van der Waals surface area contributed by atoms with Gasteiger partial charge in [-0.3, -0.25) is 4.79 Å². The number of thiazole rings is 1. The molecule has 3 aromatic carbocycles. The Kier molecular flexibility index (Phi) is 6.49. The van der Waals surface area contributed by atoms with Crippen molar-refractivity contribution in [3.05, 3.63) is 77.8 Å². The number of carbonyl (C=O) groups excluding carboxylic acids is 1. The van der Waals surface area contributed by atoms with Crippen LogP contribution in [0.1, 0.15) is 12.8 Å². The van der Waals surface area contributed by atoms with Gasteiger partial charge >= 0.3 is 0 Å². The number of fused-ring (bicyclic) bond motifs is 1. The summed E-state index contributed by atoms with van der Waals surface area (Å²) >= 11 is 9.30. The first-order chi connectivity index (χ1) is 14.2. The third-order valence-corrected chi connectivity index (χ3v) is 6.78. The molecule has 0 aliphatic carbocycles. The fraction of sp³-hybridized carbons (Fsp3) is 0.130. The Morgan fingerprint density at radius 2 is 1.76 bits per heavy atom. The van der Waals surface area contributed by atoms with Gasteiger partial charge in [0.1, 0.15) is 5.01 Å². The zero-order valence-corrected chi connectivity index (χ0v) is 18.0. The van der Waals surface area contributed by atoms with Crippen LogP contribution in [0.2, 0.25) is 5.02 Å². The van der Waals surface area contributed by atoms with Crippen LogP contribution in [-0.4, -0.2) is 16.6 Å². The van der Waals surface area contributed by atoms with Crippen LogP contribution in [0.5, 0.6) is 0 Å². The van der Waals surface area contributed by atoms with Crippen LogP contribution in [-0.2, 0) is 4.79 Å².